The van der Waals surface area contributed by atoms with E-state index in [0.717, 1.165) is 11.8 Å². The number of non-ortho nitro benzene ring substituents is 1. The molecule has 0 aliphatic rings. The van der Waals surface area contributed by atoms with Crippen LogP contribution in [0.3, 0.4) is 0 Å². The predicted molar refractivity (Wildman–Crippen MR) is 65.8 cm³/mol. The van der Waals surface area contributed by atoms with Gasteiger partial charge in [-0.25, -0.2) is 4.39 Å². The van der Waals surface area contributed by atoms with Crippen molar-refractivity contribution in [2.75, 3.05) is 5.32 Å². The summed E-state index contributed by atoms with van der Waals surface area (Å²) in [6.45, 7) is 0.476. The number of hydrogen-bond donors (Lipinski definition) is 1. The highest BCUT2D eigenvalue weighted by molar-refractivity contribution is 5.51. The molecule has 1 N–H and O–H groups in total. The van der Waals surface area contributed by atoms with Crippen molar-refractivity contribution in [3.63, 3.8) is 0 Å². The Morgan fingerprint density at radius 2 is 2.22 bits per heavy atom. The molecule has 0 atom stereocenters. The number of benzene rings is 1. The third-order valence-corrected chi connectivity index (χ3v) is 2.62. The summed E-state index contributed by atoms with van der Waals surface area (Å²) in [6.07, 6.45) is 1.89. The molecule has 0 radical (unpaired) electrons. The maximum atomic E-state index is 13.2. The van der Waals surface area contributed by atoms with Crippen molar-refractivity contribution in [2.24, 2.45) is 7.05 Å². The van der Waals surface area contributed by atoms with Crippen LogP contribution in [0.25, 0.3) is 0 Å². The number of aryl methyl sites for hydroxylation is 1. The molecule has 0 unspecified atom stereocenters. The van der Waals surface area contributed by atoms with Crippen LogP contribution in [-0.4, -0.2) is 9.49 Å². The van der Waals surface area contributed by atoms with Crippen molar-refractivity contribution in [3.8, 4) is 0 Å². The van der Waals surface area contributed by atoms with Gasteiger partial charge in [0.1, 0.15) is 5.82 Å². The fraction of sp³-hybridized carbons (Fsp3) is 0.167. The van der Waals surface area contributed by atoms with Gasteiger partial charge in [-0.05, 0) is 18.2 Å². The van der Waals surface area contributed by atoms with Gasteiger partial charge in [-0.1, -0.05) is 0 Å². The maximum absolute atomic E-state index is 13.2. The van der Waals surface area contributed by atoms with E-state index in [2.05, 4.69) is 5.32 Å². The van der Waals surface area contributed by atoms with Gasteiger partial charge in [-0.15, -0.1) is 0 Å². The van der Waals surface area contributed by atoms with Crippen LogP contribution >= 0.6 is 0 Å². The first kappa shape index (κ1) is 12.1. The highest BCUT2D eigenvalue weighted by Gasteiger charge is 2.09. The fourth-order valence-electron chi connectivity index (χ4n) is 1.65. The number of aromatic nitrogens is 1. The lowest BCUT2D eigenvalue weighted by molar-refractivity contribution is -0.385. The van der Waals surface area contributed by atoms with Gasteiger partial charge in [0.15, 0.2) is 0 Å². The summed E-state index contributed by atoms with van der Waals surface area (Å²) >= 11 is 0. The number of rotatable bonds is 4. The molecule has 0 aliphatic heterocycles. The minimum atomic E-state index is -0.626. The smallest absolute Gasteiger partial charge is 0.274 e. The summed E-state index contributed by atoms with van der Waals surface area (Å²) in [6, 6.07) is 7.25. The van der Waals surface area contributed by atoms with E-state index in [1.54, 1.807) is 0 Å². The molecule has 2 aromatic rings. The lowest BCUT2D eigenvalue weighted by Crippen LogP contribution is -2.04. The third kappa shape index (κ3) is 2.65. The lowest BCUT2D eigenvalue weighted by Gasteiger charge is -2.07. The van der Waals surface area contributed by atoms with Crippen molar-refractivity contribution < 1.29 is 9.31 Å². The Morgan fingerprint density at radius 3 is 2.83 bits per heavy atom. The standard InChI is InChI=1S/C12H12FN3O2/c1-15-4-2-3-11(15)8-14-10-5-9(13)6-12(7-10)16(17)18/h2-7,14H,8H2,1H3. The molecule has 0 saturated heterocycles. The highest BCUT2D eigenvalue weighted by Crippen LogP contribution is 2.20. The average Bonchev–Trinajstić information content (AvgIpc) is 2.71. The zero-order valence-corrected chi connectivity index (χ0v) is 9.76. The van der Waals surface area contributed by atoms with Crippen LogP contribution < -0.4 is 5.32 Å². The zero-order chi connectivity index (χ0) is 13.1. The van der Waals surface area contributed by atoms with E-state index in [4.69, 9.17) is 0 Å². The monoisotopic (exact) mass is 249 g/mol. The number of anilines is 1. The molecule has 0 spiro atoms. The molecule has 0 fully saturated rings. The van der Waals surface area contributed by atoms with Crippen LogP contribution in [0.15, 0.2) is 36.5 Å². The Bertz CT molecular complexity index is 580. The Balaban J connectivity index is 2.14. The Hall–Kier alpha value is -2.37. The quantitative estimate of drug-likeness (QED) is 0.669. The van der Waals surface area contributed by atoms with Crippen molar-refractivity contribution in [2.45, 2.75) is 6.54 Å². The molecule has 0 bridgehead atoms. The van der Waals surface area contributed by atoms with E-state index < -0.39 is 10.7 Å². The number of nitrogens with one attached hydrogen (secondary N) is 1. The van der Waals surface area contributed by atoms with Crippen LogP contribution in [0.4, 0.5) is 15.8 Å². The van der Waals surface area contributed by atoms with Gasteiger partial charge in [0.05, 0.1) is 17.5 Å². The van der Waals surface area contributed by atoms with E-state index in [9.17, 15) is 14.5 Å². The molecule has 1 heterocycles. The second-order valence-electron chi connectivity index (χ2n) is 3.92. The largest absolute Gasteiger partial charge is 0.379 e. The van der Waals surface area contributed by atoms with Gasteiger partial charge in [0, 0.05) is 30.7 Å². The van der Waals surface area contributed by atoms with Crippen molar-refractivity contribution in [1.29, 1.82) is 0 Å². The zero-order valence-electron chi connectivity index (χ0n) is 9.76. The molecule has 0 amide bonds. The van der Waals surface area contributed by atoms with E-state index >= 15 is 0 Å². The van der Waals surface area contributed by atoms with Crippen LogP contribution in [0.1, 0.15) is 5.69 Å². The van der Waals surface area contributed by atoms with Crippen molar-refractivity contribution in [3.05, 3.63) is 58.2 Å². The Kier molecular flexibility index (Phi) is 3.27. The third-order valence-electron chi connectivity index (χ3n) is 2.62. The molecular weight excluding hydrogens is 237 g/mol. The number of nitro groups is 1. The summed E-state index contributed by atoms with van der Waals surface area (Å²) in [4.78, 5) is 9.99. The number of hydrogen-bond acceptors (Lipinski definition) is 3. The Labute approximate surface area is 103 Å². The second-order valence-corrected chi connectivity index (χ2v) is 3.92. The molecule has 18 heavy (non-hydrogen) atoms. The molecule has 0 aliphatic carbocycles. The number of halogens is 1. The summed E-state index contributed by atoms with van der Waals surface area (Å²) in [5, 5.41) is 13.6. The van der Waals surface area contributed by atoms with Gasteiger partial charge < -0.3 is 9.88 Å². The lowest BCUT2D eigenvalue weighted by atomic mass is 10.2. The van der Waals surface area contributed by atoms with Crippen molar-refractivity contribution >= 4 is 11.4 Å². The van der Waals surface area contributed by atoms with E-state index in [0.29, 0.717) is 12.2 Å². The molecule has 5 nitrogen and oxygen atoms in total. The number of nitrogens with zero attached hydrogens (tertiary/aromatic N) is 2. The average molecular weight is 249 g/mol. The fourth-order valence-corrected chi connectivity index (χ4v) is 1.65. The normalized spacial score (nSPS) is 10.3. The van der Waals surface area contributed by atoms with Gasteiger partial charge in [-0.3, -0.25) is 10.1 Å². The van der Waals surface area contributed by atoms with E-state index in [-0.39, 0.29) is 5.69 Å². The SMILES string of the molecule is Cn1cccc1CNc1cc(F)cc([N+](=O)[O-])c1. The van der Waals surface area contributed by atoms with E-state index in [1.165, 1.54) is 12.1 Å². The predicted octanol–water partition coefficient (Wildman–Crippen LogP) is 2.68. The molecule has 6 heteroatoms. The van der Waals surface area contributed by atoms with Crippen LogP contribution in [-0.2, 0) is 13.6 Å². The molecule has 2 rings (SSSR count). The molecule has 1 aromatic heterocycles. The van der Waals surface area contributed by atoms with Crippen LogP contribution in [0.5, 0.6) is 0 Å². The number of nitro benzene ring substituents is 1. The van der Waals surface area contributed by atoms with Crippen LogP contribution in [0.2, 0.25) is 0 Å². The second kappa shape index (κ2) is 4.87. The first-order chi connectivity index (χ1) is 8.56. The van der Waals surface area contributed by atoms with Gasteiger partial charge in [-0.2, -0.15) is 0 Å². The molecular formula is C12H12FN3O2. The minimum Gasteiger partial charge on any atom is -0.379 e. The van der Waals surface area contributed by atoms with Crippen molar-refractivity contribution in [1.82, 2.24) is 4.57 Å². The molecule has 1 aromatic carbocycles. The first-order valence-corrected chi connectivity index (χ1v) is 5.35. The maximum Gasteiger partial charge on any atom is 0.274 e. The summed E-state index contributed by atoms with van der Waals surface area (Å²) < 4.78 is 15.1. The van der Waals surface area contributed by atoms with Gasteiger partial charge in [0.25, 0.3) is 5.69 Å². The highest BCUT2D eigenvalue weighted by atomic mass is 19.1. The van der Waals surface area contributed by atoms with Crippen LogP contribution in [0, 0.1) is 15.9 Å². The van der Waals surface area contributed by atoms with Gasteiger partial charge in [0.2, 0.25) is 0 Å². The summed E-state index contributed by atoms with van der Waals surface area (Å²) in [7, 11) is 1.89. The summed E-state index contributed by atoms with van der Waals surface area (Å²) in [5.41, 5.74) is 1.13. The van der Waals surface area contributed by atoms with E-state index in [1.807, 2.05) is 29.9 Å². The van der Waals surface area contributed by atoms with Gasteiger partial charge >= 0.3 is 0 Å². The Morgan fingerprint density at radius 1 is 1.44 bits per heavy atom. The topological polar surface area (TPSA) is 60.1 Å². The minimum absolute atomic E-state index is 0.260. The summed E-state index contributed by atoms with van der Waals surface area (Å²) in [5.74, 6) is -0.626. The molecule has 0 saturated carbocycles. The molecule has 94 valence electrons. The first-order valence-electron chi connectivity index (χ1n) is 5.35.